The zero-order valence-electron chi connectivity index (χ0n) is 14.2. The summed E-state index contributed by atoms with van der Waals surface area (Å²) < 4.78 is 11.0. The van der Waals surface area contributed by atoms with Gasteiger partial charge >= 0.3 is 5.97 Å². The van der Waals surface area contributed by atoms with Gasteiger partial charge in [-0.3, -0.25) is 4.79 Å². The summed E-state index contributed by atoms with van der Waals surface area (Å²) in [4.78, 5) is 12.1. The number of rotatable bonds is 5. The summed E-state index contributed by atoms with van der Waals surface area (Å²) in [5.41, 5.74) is 2.66. The van der Waals surface area contributed by atoms with Gasteiger partial charge < -0.3 is 9.15 Å². The molecule has 0 aliphatic rings. The van der Waals surface area contributed by atoms with E-state index in [1.807, 2.05) is 31.2 Å². The number of carbonyl (C=O) groups excluding carboxylic acids is 1. The minimum Gasteiger partial charge on any atom is -0.452 e. The highest BCUT2D eigenvalue weighted by molar-refractivity contribution is 6.42. The molecule has 0 fully saturated rings. The second-order valence-electron chi connectivity index (χ2n) is 5.87. The van der Waals surface area contributed by atoms with Crippen LogP contribution >= 0.6 is 23.2 Å². The van der Waals surface area contributed by atoms with Crippen molar-refractivity contribution in [2.75, 3.05) is 0 Å². The van der Waals surface area contributed by atoms with Gasteiger partial charge in [-0.15, -0.1) is 10.2 Å². The predicted molar refractivity (Wildman–Crippen MR) is 99.1 cm³/mol. The molecule has 0 aliphatic heterocycles. The van der Waals surface area contributed by atoms with Gasteiger partial charge in [-0.2, -0.15) is 0 Å². The van der Waals surface area contributed by atoms with Crippen LogP contribution in [-0.2, 0) is 16.0 Å². The lowest BCUT2D eigenvalue weighted by Gasteiger charge is -2.09. The maximum atomic E-state index is 12.1. The van der Waals surface area contributed by atoms with Crippen molar-refractivity contribution in [3.63, 3.8) is 0 Å². The van der Waals surface area contributed by atoms with E-state index < -0.39 is 12.1 Å². The number of halogens is 2. The molecule has 0 N–H and O–H groups in total. The van der Waals surface area contributed by atoms with Crippen molar-refractivity contribution in [3.05, 3.63) is 69.5 Å². The number of nitrogens with zero attached hydrogens (tertiary/aromatic N) is 2. The van der Waals surface area contributed by atoms with E-state index in [1.54, 1.807) is 25.1 Å². The quantitative estimate of drug-likeness (QED) is 0.560. The molecule has 0 unspecified atom stereocenters. The number of ether oxygens (including phenoxy) is 1. The van der Waals surface area contributed by atoms with Gasteiger partial charge in [0.15, 0.2) is 6.10 Å². The van der Waals surface area contributed by atoms with Gasteiger partial charge in [0, 0.05) is 5.56 Å². The fourth-order valence-corrected chi connectivity index (χ4v) is 2.64. The first-order valence-corrected chi connectivity index (χ1v) is 8.72. The molecule has 1 atom stereocenters. The maximum absolute atomic E-state index is 12.1. The molecular weight excluding hydrogens is 375 g/mol. The van der Waals surface area contributed by atoms with Crippen molar-refractivity contribution >= 4 is 29.2 Å². The molecule has 0 bridgehead atoms. The Balaban J connectivity index is 1.64. The van der Waals surface area contributed by atoms with Crippen LogP contribution in [0.3, 0.4) is 0 Å². The normalized spacial score (nSPS) is 12.0. The Hall–Kier alpha value is -2.37. The number of aryl methyl sites for hydroxylation is 1. The van der Waals surface area contributed by atoms with E-state index in [1.165, 1.54) is 0 Å². The van der Waals surface area contributed by atoms with Crippen molar-refractivity contribution in [1.82, 2.24) is 10.2 Å². The van der Waals surface area contributed by atoms with Crippen LogP contribution in [0.1, 0.15) is 30.0 Å². The van der Waals surface area contributed by atoms with E-state index in [0.29, 0.717) is 21.5 Å². The van der Waals surface area contributed by atoms with Gasteiger partial charge in [-0.05, 0) is 43.7 Å². The van der Waals surface area contributed by atoms with Crippen LogP contribution in [0, 0.1) is 6.92 Å². The summed E-state index contributed by atoms with van der Waals surface area (Å²) >= 11 is 11.8. The van der Waals surface area contributed by atoms with Crippen molar-refractivity contribution in [3.8, 4) is 11.5 Å². The van der Waals surface area contributed by atoms with Crippen LogP contribution < -0.4 is 0 Å². The second kappa shape index (κ2) is 7.89. The molecular formula is C19H16Cl2N2O3. The van der Waals surface area contributed by atoms with Gasteiger partial charge in [0.1, 0.15) is 0 Å². The van der Waals surface area contributed by atoms with Crippen LogP contribution in [-0.4, -0.2) is 16.2 Å². The SMILES string of the molecule is Cc1ccc(-c2nnc([C@@H](C)OC(=O)Cc3ccc(Cl)c(Cl)c3)o2)cc1. The van der Waals surface area contributed by atoms with Gasteiger partial charge in [-0.25, -0.2) is 0 Å². The number of aromatic nitrogens is 2. The summed E-state index contributed by atoms with van der Waals surface area (Å²) in [6, 6.07) is 12.7. The second-order valence-corrected chi connectivity index (χ2v) is 6.68. The molecule has 0 aliphatic carbocycles. The smallest absolute Gasteiger partial charge is 0.311 e. The predicted octanol–water partition coefficient (Wildman–Crippen LogP) is 5.20. The molecule has 3 rings (SSSR count). The Morgan fingerprint density at radius 1 is 1.12 bits per heavy atom. The van der Waals surface area contributed by atoms with Gasteiger partial charge in [0.05, 0.1) is 16.5 Å². The summed E-state index contributed by atoms with van der Waals surface area (Å²) in [7, 11) is 0. The first-order chi connectivity index (χ1) is 12.4. The average Bonchev–Trinajstić information content (AvgIpc) is 3.09. The largest absolute Gasteiger partial charge is 0.452 e. The van der Waals surface area contributed by atoms with Crippen molar-refractivity contribution in [2.45, 2.75) is 26.4 Å². The summed E-state index contributed by atoms with van der Waals surface area (Å²) in [5.74, 6) is 0.196. The highest BCUT2D eigenvalue weighted by Crippen LogP contribution is 2.25. The molecule has 0 radical (unpaired) electrons. The third kappa shape index (κ3) is 4.42. The summed E-state index contributed by atoms with van der Waals surface area (Å²) in [5, 5.41) is 8.81. The van der Waals surface area contributed by atoms with E-state index >= 15 is 0 Å². The van der Waals surface area contributed by atoms with Gasteiger partial charge in [0.2, 0.25) is 5.89 Å². The lowest BCUT2D eigenvalue weighted by Crippen LogP contribution is -2.11. The first kappa shape index (κ1) is 18.4. The Morgan fingerprint density at radius 3 is 2.54 bits per heavy atom. The van der Waals surface area contributed by atoms with Gasteiger partial charge in [-0.1, -0.05) is 47.0 Å². The Morgan fingerprint density at radius 2 is 1.85 bits per heavy atom. The van der Waals surface area contributed by atoms with Crippen molar-refractivity contribution in [2.24, 2.45) is 0 Å². The number of benzene rings is 2. The van der Waals surface area contributed by atoms with Crippen LogP contribution in [0.15, 0.2) is 46.9 Å². The van der Waals surface area contributed by atoms with E-state index in [2.05, 4.69) is 10.2 Å². The highest BCUT2D eigenvalue weighted by atomic mass is 35.5. The lowest BCUT2D eigenvalue weighted by atomic mass is 10.1. The number of carbonyl (C=O) groups is 1. The van der Waals surface area contributed by atoms with Crippen LogP contribution in [0.2, 0.25) is 10.0 Å². The van der Waals surface area contributed by atoms with Crippen LogP contribution in [0.5, 0.6) is 0 Å². The van der Waals surface area contributed by atoms with E-state index in [4.69, 9.17) is 32.4 Å². The lowest BCUT2D eigenvalue weighted by molar-refractivity contribution is -0.148. The third-order valence-corrected chi connectivity index (χ3v) is 4.47. The third-order valence-electron chi connectivity index (χ3n) is 3.73. The van der Waals surface area contributed by atoms with Crippen molar-refractivity contribution in [1.29, 1.82) is 0 Å². The molecule has 0 saturated carbocycles. The fourth-order valence-electron chi connectivity index (χ4n) is 2.32. The molecule has 0 amide bonds. The first-order valence-electron chi connectivity index (χ1n) is 7.96. The monoisotopic (exact) mass is 390 g/mol. The molecule has 1 heterocycles. The molecule has 0 spiro atoms. The van der Waals surface area contributed by atoms with E-state index in [9.17, 15) is 4.79 Å². The Bertz CT molecular complexity index is 923. The zero-order chi connectivity index (χ0) is 18.7. The molecule has 0 saturated heterocycles. The van der Waals surface area contributed by atoms with Gasteiger partial charge in [0.25, 0.3) is 5.89 Å². The maximum Gasteiger partial charge on any atom is 0.311 e. The fraction of sp³-hybridized carbons (Fsp3) is 0.211. The standard InChI is InChI=1S/C19H16Cl2N2O3/c1-11-3-6-14(7-4-11)19-23-22-18(26-19)12(2)25-17(24)10-13-5-8-15(20)16(21)9-13/h3-9,12H,10H2,1-2H3/t12-/m1/s1. The zero-order valence-corrected chi connectivity index (χ0v) is 15.7. The summed E-state index contributed by atoms with van der Waals surface area (Å²) in [6.07, 6.45) is -0.586. The molecule has 1 aromatic heterocycles. The Labute approximate surface area is 160 Å². The number of hydrogen-bond acceptors (Lipinski definition) is 5. The van der Waals surface area contributed by atoms with Crippen LogP contribution in [0.25, 0.3) is 11.5 Å². The van der Waals surface area contributed by atoms with Crippen molar-refractivity contribution < 1.29 is 13.9 Å². The summed E-state index contributed by atoms with van der Waals surface area (Å²) in [6.45, 7) is 3.68. The molecule has 26 heavy (non-hydrogen) atoms. The number of esters is 1. The molecule has 7 heteroatoms. The highest BCUT2D eigenvalue weighted by Gasteiger charge is 2.19. The minimum absolute atomic E-state index is 0.0696. The molecule has 134 valence electrons. The van der Waals surface area contributed by atoms with Crippen LogP contribution in [0.4, 0.5) is 0 Å². The minimum atomic E-state index is -0.656. The molecule has 5 nitrogen and oxygen atoms in total. The average molecular weight is 391 g/mol. The van der Waals surface area contributed by atoms with E-state index in [0.717, 1.165) is 11.1 Å². The van der Waals surface area contributed by atoms with E-state index in [-0.39, 0.29) is 12.3 Å². The topological polar surface area (TPSA) is 65.2 Å². The molecule has 3 aromatic rings. The Kier molecular flexibility index (Phi) is 5.59. The molecule has 2 aromatic carbocycles. The number of hydrogen-bond donors (Lipinski definition) is 0.